The molecule has 8 nitrogen and oxygen atoms in total. The van der Waals surface area contributed by atoms with E-state index < -0.39 is 17.9 Å². The van der Waals surface area contributed by atoms with Crippen molar-refractivity contribution in [2.45, 2.75) is 44.8 Å². The third kappa shape index (κ3) is 2.40. The third-order valence-electron chi connectivity index (χ3n) is 5.37. The van der Waals surface area contributed by atoms with Crippen molar-refractivity contribution in [3.8, 4) is 17.8 Å². The van der Waals surface area contributed by atoms with Crippen LogP contribution in [-0.2, 0) is 4.74 Å². The number of carboxylic acid groups (broad SMARTS) is 1. The molecule has 2 fully saturated rings. The summed E-state index contributed by atoms with van der Waals surface area (Å²) in [5.74, 6) is 0.925. The highest BCUT2D eigenvalue weighted by molar-refractivity contribution is 5.59. The van der Waals surface area contributed by atoms with Crippen LogP contribution in [0.3, 0.4) is 0 Å². The number of carbonyl (C=O) groups is 1. The molecule has 2 aliphatic rings. The van der Waals surface area contributed by atoms with E-state index in [2.05, 4.69) is 23.8 Å². The van der Waals surface area contributed by atoms with Gasteiger partial charge in [0, 0.05) is 11.8 Å². The maximum Gasteiger partial charge on any atom is 0.506 e. The van der Waals surface area contributed by atoms with Crippen LogP contribution in [0.15, 0.2) is 6.07 Å². The fraction of sp³-hybridized carbons (Fsp3) is 0.688. The Balaban J connectivity index is 1.86. The van der Waals surface area contributed by atoms with Crippen molar-refractivity contribution in [2.24, 2.45) is 11.3 Å². The van der Waals surface area contributed by atoms with Gasteiger partial charge in [-0.3, -0.25) is 0 Å². The second-order valence-corrected chi connectivity index (χ2v) is 6.63. The van der Waals surface area contributed by atoms with Gasteiger partial charge in [0.25, 0.3) is 0 Å². The molecule has 0 aliphatic heterocycles. The van der Waals surface area contributed by atoms with Crippen molar-refractivity contribution in [1.29, 1.82) is 0 Å². The van der Waals surface area contributed by atoms with Gasteiger partial charge in [-0.1, -0.05) is 13.8 Å². The van der Waals surface area contributed by atoms with Crippen LogP contribution in [0.4, 0.5) is 4.79 Å². The molecule has 3 rings (SSSR count). The Labute approximate surface area is 140 Å². The van der Waals surface area contributed by atoms with Gasteiger partial charge >= 0.3 is 12.2 Å². The quantitative estimate of drug-likeness (QED) is 0.790. The molecule has 132 valence electrons. The van der Waals surface area contributed by atoms with Crippen molar-refractivity contribution in [1.82, 2.24) is 9.97 Å². The van der Waals surface area contributed by atoms with E-state index in [4.69, 9.17) is 24.1 Å². The second kappa shape index (κ2) is 5.68. The summed E-state index contributed by atoms with van der Waals surface area (Å²) in [7, 11) is 2.97. The molecule has 0 bridgehead atoms. The highest BCUT2D eigenvalue weighted by Crippen LogP contribution is 2.72. The van der Waals surface area contributed by atoms with Crippen molar-refractivity contribution in [3.63, 3.8) is 0 Å². The summed E-state index contributed by atoms with van der Waals surface area (Å²) < 4.78 is 21.5. The summed E-state index contributed by atoms with van der Waals surface area (Å²) in [6.45, 7) is 4.17. The first kappa shape index (κ1) is 16.6. The molecule has 2 aliphatic carbocycles. The number of fused-ring (bicyclic) bond motifs is 1. The minimum Gasteiger partial charge on any atom is -0.481 e. The van der Waals surface area contributed by atoms with Crippen LogP contribution in [0, 0.1) is 11.3 Å². The molecule has 3 atom stereocenters. The number of ether oxygens (including phenoxy) is 4. The normalized spacial score (nSPS) is 30.6. The van der Waals surface area contributed by atoms with Crippen LogP contribution in [-0.4, -0.2) is 47.2 Å². The first-order valence-corrected chi connectivity index (χ1v) is 7.92. The lowest BCUT2D eigenvalue weighted by molar-refractivity contribution is -0.0350. The SMILES string of the molecule is COc1cc(OC)nc(OC2CCC3(C(C)C)CC23OC(=O)O)n1. The predicted molar refractivity (Wildman–Crippen MR) is 82.5 cm³/mol. The van der Waals surface area contributed by atoms with E-state index >= 15 is 0 Å². The van der Waals surface area contributed by atoms with Crippen LogP contribution in [0.5, 0.6) is 17.8 Å². The zero-order valence-electron chi connectivity index (χ0n) is 14.2. The van der Waals surface area contributed by atoms with E-state index in [9.17, 15) is 4.79 Å². The molecule has 1 aromatic rings. The third-order valence-corrected chi connectivity index (χ3v) is 5.37. The van der Waals surface area contributed by atoms with E-state index in [1.165, 1.54) is 14.2 Å². The Morgan fingerprint density at radius 3 is 2.38 bits per heavy atom. The van der Waals surface area contributed by atoms with Gasteiger partial charge in [-0.25, -0.2) is 4.79 Å². The van der Waals surface area contributed by atoms with Gasteiger partial charge < -0.3 is 24.1 Å². The number of aromatic nitrogens is 2. The molecular weight excluding hydrogens is 316 g/mol. The summed E-state index contributed by atoms with van der Waals surface area (Å²) in [6, 6.07) is 1.64. The molecule has 1 aromatic heterocycles. The fourth-order valence-electron chi connectivity index (χ4n) is 4.05. The minimum atomic E-state index is -1.28. The largest absolute Gasteiger partial charge is 0.506 e. The first-order valence-electron chi connectivity index (χ1n) is 7.92. The standard InChI is InChI=1S/C16H22N2O6/c1-9(2)15-6-5-10(16(15,8-15)24-14(19)20)23-13-17-11(21-3)7-12(18-13)22-4/h7,9-10H,5-6,8H2,1-4H3,(H,19,20). The van der Waals surface area contributed by atoms with Crippen LogP contribution in [0.25, 0.3) is 0 Å². The fourth-order valence-corrected chi connectivity index (χ4v) is 4.05. The Morgan fingerprint density at radius 2 is 1.92 bits per heavy atom. The highest BCUT2D eigenvalue weighted by Gasteiger charge is 2.79. The van der Waals surface area contributed by atoms with E-state index in [1.807, 2.05) is 0 Å². The molecule has 0 saturated heterocycles. The van der Waals surface area contributed by atoms with E-state index in [-0.39, 0.29) is 11.4 Å². The molecule has 0 spiro atoms. The smallest absolute Gasteiger partial charge is 0.481 e. The lowest BCUT2D eigenvalue weighted by Gasteiger charge is -2.25. The Bertz CT molecular complexity index is 629. The van der Waals surface area contributed by atoms with E-state index in [0.29, 0.717) is 30.5 Å². The Hall–Kier alpha value is -2.25. The van der Waals surface area contributed by atoms with Crippen molar-refractivity contribution in [2.75, 3.05) is 14.2 Å². The van der Waals surface area contributed by atoms with E-state index in [0.717, 1.165) is 6.42 Å². The van der Waals surface area contributed by atoms with Crippen molar-refractivity contribution < 1.29 is 28.8 Å². The summed E-state index contributed by atoms with van der Waals surface area (Å²) in [4.78, 5) is 19.5. The highest BCUT2D eigenvalue weighted by atomic mass is 16.7. The molecule has 2 saturated carbocycles. The monoisotopic (exact) mass is 338 g/mol. The summed E-state index contributed by atoms with van der Waals surface area (Å²) in [5, 5.41) is 9.16. The average Bonchev–Trinajstić information content (AvgIpc) is 3.11. The topological polar surface area (TPSA) is 100 Å². The minimum absolute atomic E-state index is 0.0935. The van der Waals surface area contributed by atoms with Crippen LogP contribution in [0.1, 0.15) is 33.1 Å². The molecular formula is C16H22N2O6. The molecule has 0 aromatic carbocycles. The molecule has 8 heteroatoms. The zero-order valence-corrected chi connectivity index (χ0v) is 14.2. The van der Waals surface area contributed by atoms with Gasteiger partial charge in [-0.15, -0.1) is 0 Å². The average molecular weight is 338 g/mol. The Kier molecular flexibility index (Phi) is 3.93. The van der Waals surface area contributed by atoms with Crippen LogP contribution in [0.2, 0.25) is 0 Å². The number of rotatable bonds is 6. The summed E-state index contributed by atoms with van der Waals surface area (Å²) >= 11 is 0. The van der Waals surface area contributed by atoms with Gasteiger partial charge in [-0.2, -0.15) is 9.97 Å². The molecule has 0 amide bonds. The molecule has 0 radical (unpaired) electrons. The maximum atomic E-state index is 11.2. The summed E-state index contributed by atoms with van der Waals surface area (Å²) in [6.07, 6.45) is 0.498. The lowest BCUT2D eigenvalue weighted by Crippen LogP contribution is -2.38. The van der Waals surface area contributed by atoms with Gasteiger partial charge in [0.05, 0.1) is 20.3 Å². The van der Waals surface area contributed by atoms with Gasteiger partial charge in [0.1, 0.15) is 6.10 Å². The van der Waals surface area contributed by atoms with Crippen molar-refractivity contribution >= 4 is 6.16 Å². The zero-order chi connectivity index (χ0) is 17.5. The second-order valence-electron chi connectivity index (χ2n) is 6.63. The lowest BCUT2D eigenvalue weighted by atomic mass is 9.89. The number of nitrogens with zero attached hydrogens (tertiary/aromatic N) is 2. The maximum absolute atomic E-state index is 11.2. The first-order chi connectivity index (χ1) is 11.4. The van der Waals surface area contributed by atoms with Gasteiger partial charge in [0.2, 0.25) is 11.8 Å². The molecule has 1 heterocycles. The van der Waals surface area contributed by atoms with Crippen molar-refractivity contribution in [3.05, 3.63) is 6.07 Å². The van der Waals surface area contributed by atoms with Gasteiger partial charge in [-0.05, 0) is 18.8 Å². The van der Waals surface area contributed by atoms with Crippen LogP contribution < -0.4 is 14.2 Å². The number of hydrogen-bond acceptors (Lipinski definition) is 7. The predicted octanol–water partition coefficient (Wildman–Crippen LogP) is 2.51. The molecule has 3 unspecified atom stereocenters. The molecule has 1 N–H and O–H groups in total. The van der Waals surface area contributed by atoms with Gasteiger partial charge in [0.15, 0.2) is 5.60 Å². The molecule has 24 heavy (non-hydrogen) atoms. The summed E-state index contributed by atoms with van der Waals surface area (Å²) in [5.41, 5.74) is -0.994. The van der Waals surface area contributed by atoms with E-state index in [1.54, 1.807) is 6.07 Å². The van der Waals surface area contributed by atoms with Crippen LogP contribution >= 0.6 is 0 Å². The Morgan fingerprint density at radius 1 is 1.29 bits per heavy atom. The number of methoxy groups -OCH3 is 2. The number of hydrogen-bond donors (Lipinski definition) is 1.